The summed E-state index contributed by atoms with van der Waals surface area (Å²) in [4.78, 5) is 18.0. The molecule has 0 saturated heterocycles. The topological polar surface area (TPSA) is 63.2 Å². The minimum Gasteiger partial charge on any atom is -0.493 e. The number of methoxy groups -OCH3 is 2. The van der Waals surface area contributed by atoms with E-state index in [-0.39, 0.29) is 17.3 Å². The second kappa shape index (κ2) is 13.8. The summed E-state index contributed by atoms with van der Waals surface area (Å²) in [6, 6.07) is 10.1. The van der Waals surface area contributed by atoms with Crippen LogP contribution in [0.15, 0.2) is 89.5 Å². The van der Waals surface area contributed by atoms with Crippen molar-refractivity contribution in [3.05, 3.63) is 107 Å². The number of nitrogens with one attached hydrogen (secondary N) is 1. The van der Waals surface area contributed by atoms with Gasteiger partial charge in [-0.3, -0.25) is 9.79 Å². The number of aliphatic imine (C=N–C) groups is 1. The number of hydrogen-bond acceptors (Lipinski definition) is 6. The number of carbonyl (C=O) groups excluding carboxylic acids is 1. The van der Waals surface area contributed by atoms with E-state index in [4.69, 9.17) is 9.47 Å². The molecule has 1 aliphatic rings. The van der Waals surface area contributed by atoms with Gasteiger partial charge in [0.1, 0.15) is 11.6 Å². The van der Waals surface area contributed by atoms with E-state index in [2.05, 4.69) is 17.0 Å². The highest BCUT2D eigenvalue weighted by molar-refractivity contribution is 7.98. The highest BCUT2D eigenvalue weighted by Crippen LogP contribution is 2.41. The van der Waals surface area contributed by atoms with E-state index in [0.717, 1.165) is 11.3 Å². The molecule has 6 nitrogen and oxygen atoms in total. The zero-order valence-corrected chi connectivity index (χ0v) is 23.4. The maximum Gasteiger partial charge on any atom is 0.251 e. The number of carbonyl (C=O) groups is 1. The molecule has 0 spiro atoms. The van der Waals surface area contributed by atoms with Crippen LogP contribution < -0.4 is 14.8 Å². The summed E-state index contributed by atoms with van der Waals surface area (Å²) in [5, 5.41) is 2.49. The van der Waals surface area contributed by atoms with Crippen LogP contribution in [-0.2, 0) is 11.2 Å². The number of nitrogens with zero attached hydrogens (tertiary/aromatic N) is 2. The third-order valence-corrected chi connectivity index (χ3v) is 7.41. The van der Waals surface area contributed by atoms with Gasteiger partial charge >= 0.3 is 0 Å². The molecule has 0 aliphatic carbocycles. The Labute approximate surface area is 232 Å². The van der Waals surface area contributed by atoms with Gasteiger partial charge in [-0.15, -0.1) is 11.8 Å². The number of benzene rings is 2. The fraction of sp³-hybridized carbons (Fsp3) is 0.267. The fourth-order valence-corrected chi connectivity index (χ4v) is 5.25. The number of halogens is 2. The Morgan fingerprint density at radius 3 is 2.64 bits per heavy atom. The lowest BCUT2D eigenvalue weighted by molar-refractivity contribution is 0.0962. The standard InChI is InChI=1S/C30H33F2N3O3S/c1-30(23-12-13-26(37-4)27(17-23)38-5)14-6-8-24(31)9-7-15-35(28(30)18-33-2)20-39-19-22-11-10-21(16-25(22)32)29(36)34-3/h6-14,16-18H,2,15,19-20H2,1,3-5H3,(H,34,36)/b9-7-,14-6?,24-8+,28-18-. The molecule has 1 heterocycles. The Balaban J connectivity index is 1.97. The average molecular weight is 554 g/mol. The second-order valence-electron chi connectivity index (χ2n) is 8.87. The minimum absolute atomic E-state index is 0.264. The monoisotopic (exact) mass is 553 g/mol. The molecule has 3 rings (SSSR count). The number of rotatable bonds is 9. The van der Waals surface area contributed by atoms with Gasteiger partial charge in [-0.1, -0.05) is 30.4 Å². The van der Waals surface area contributed by atoms with Crippen molar-refractivity contribution in [2.45, 2.75) is 18.1 Å². The third-order valence-electron chi connectivity index (χ3n) is 6.40. The van der Waals surface area contributed by atoms with Crippen molar-refractivity contribution in [3.63, 3.8) is 0 Å². The maximum absolute atomic E-state index is 14.7. The van der Waals surface area contributed by atoms with Crippen LogP contribution in [0.3, 0.4) is 0 Å². The maximum atomic E-state index is 14.7. The first-order valence-electron chi connectivity index (χ1n) is 12.2. The number of amides is 1. The fourth-order valence-electron chi connectivity index (χ4n) is 4.24. The third kappa shape index (κ3) is 7.17. The molecule has 1 amide bonds. The molecule has 206 valence electrons. The summed E-state index contributed by atoms with van der Waals surface area (Å²) in [5.41, 5.74) is 1.66. The summed E-state index contributed by atoms with van der Waals surface area (Å²) in [6.45, 7) is 6.07. The van der Waals surface area contributed by atoms with Crippen molar-refractivity contribution in [2.24, 2.45) is 4.99 Å². The Morgan fingerprint density at radius 1 is 1.21 bits per heavy atom. The molecular formula is C30H33F2N3O3S. The average Bonchev–Trinajstić information content (AvgIpc) is 2.94. The van der Waals surface area contributed by atoms with Gasteiger partial charge in [-0.25, -0.2) is 8.78 Å². The van der Waals surface area contributed by atoms with E-state index in [9.17, 15) is 13.6 Å². The van der Waals surface area contributed by atoms with Crippen LogP contribution in [0.25, 0.3) is 0 Å². The number of thioether (sulfide) groups is 1. The van der Waals surface area contributed by atoms with E-state index in [1.54, 1.807) is 44.7 Å². The van der Waals surface area contributed by atoms with Crippen molar-refractivity contribution >= 4 is 24.4 Å². The Kier molecular flexibility index (Phi) is 10.5. The molecule has 0 bridgehead atoms. The second-order valence-corrected chi connectivity index (χ2v) is 9.82. The minimum atomic E-state index is -0.760. The van der Waals surface area contributed by atoms with Crippen molar-refractivity contribution in [2.75, 3.05) is 33.7 Å². The molecular weight excluding hydrogens is 520 g/mol. The van der Waals surface area contributed by atoms with Gasteiger partial charge in [0.2, 0.25) is 0 Å². The van der Waals surface area contributed by atoms with Crippen molar-refractivity contribution in [1.82, 2.24) is 10.2 Å². The Bertz CT molecular complexity index is 1320. The Hall–Kier alpha value is -3.85. The number of hydrogen-bond donors (Lipinski definition) is 1. The smallest absolute Gasteiger partial charge is 0.251 e. The summed E-state index contributed by atoms with van der Waals surface area (Å²) in [7, 11) is 4.65. The normalized spacial score (nSPS) is 20.6. The number of ether oxygens (including phenoxy) is 2. The van der Waals surface area contributed by atoms with Crippen LogP contribution in [0, 0.1) is 5.82 Å². The summed E-state index contributed by atoms with van der Waals surface area (Å²) < 4.78 is 40.0. The van der Waals surface area contributed by atoms with Crippen LogP contribution in [0.5, 0.6) is 11.5 Å². The molecule has 0 fully saturated rings. The zero-order valence-electron chi connectivity index (χ0n) is 22.5. The van der Waals surface area contributed by atoms with E-state index >= 15 is 0 Å². The zero-order chi connectivity index (χ0) is 28.4. The molecule has 1 aliphatic heterocycles. The van der Waals surface area contributed by atoms with Gasteiger partial charge < -0.3 is 19.7 Å². The molecule has 2 aromatic carbocycles. The lowest BCUT2D eigenvalue weighted by Crippen LogP contribution is -2.36. The molecule has 1 N–H and O–H groups in total. The van der Waals surface area contributed by atoms with E-state index < -0.39 is 11.2 Å². The summed E-state index contributed by atoms with van der Waals surface area (Å²) >= 11 is 1.49. The Morgan fingerprint density at radius 2 is 1.97 bits per heavy atom. The molecule has 0 saturated carbocycles. The van der Waals surface area contributed by atoms with Gasteiger partial charge in [0.25, 0.3) is 5.91 Å². The largest absolute Gasteiger partial charge is 0.493 e. The predicted molar refractivity (Wildman–Crippen MR) is 155 cm³/mol. The van der Waals surface area contributed by atoms with Crippen LogP contribution in [-0.4, -0.2) is 51.2 Å². The van der Waals surface area contributed by atoms with Gasteiger partial charge in [0.05, 0.1) is 25.5 Å². The van der Waals surface area contributed by atoms with Crippen molar-refractivity contribution in [3.8, 4) is 11.5 Å². The van der Waals surface area contributed by atoms with Gasteiger partial charge in [0, 0.05) is 36.8 Å². The highest BCUT2D eigenvalue weighted by Gasteiger charge is 2.33. The van der Waals surface area contributed by atoms with Crippen LogP contribution in [0.4, 0.5) is 8.78 Å². The predicted octanol–water partition coefficient (Wildman–Crippen LogP) is 6.17. The quantitative estimate of drug-likeness (QED) is 0.376. The SMILES string of the molecule is C=N/C=C1\N(CSCc2ccc(C(=O)NC)cc2F)C/C=C\C(F)=C/C=CC1(C)c1ccc(OC)c(OC)c1. The molecule has 0 aromatic heterocycles. The molecule has 39 heavy (non-hydrogen) atoms. The van der Waals surface area contributed by atoms with Crippen molar-refractivity contribution in [1.29, 1.82) is 0 Å². The summed E-state index contributed by atoms with van der Waals surface area (Å²) in [6.07, 6.45) is 9.82. The molecule has 1 unspecified atom stereocenters. The first-order chi connectivity index (χ1) is 18.8. The van der Waals surface area contributed by atoms with Gasteiger partial charge in [-0.2, -0.15) is 0 Å². The van der Waals surface area contributed by atoms with Crippen molar-refractivity contribution < 1.29 is 23.0 Å². The van der Waals surface area contributed by atoms with Gasteiger partial charge in [0.15, 0.2) is 11.5 Å². The van der Waals surface area contributed by atoms with E-state index in [0.29, 0.717) is 35.2 Å². The molecule has 9 heteroatoms. The van der Waals surface area contributed by atoms with Crippen LogP contribution in [0.2, 0.25) is 0 Å². The van der Waals surface area contributed by atoms with Crippen LogP contribution in [0.1, 0.15) is 28.4 Å². The lowest BCUT2D eigenvalue weighted by Gasteiger charge is -2.38. The first kappa shape index (κ1) is 29.7. The first-order valence-corrected chi connectivity index (χ1v) is 13.4. The van der Waals surface area contributed by atoms with E-state index in [1.165, 1.54) is 37.0 Å². The highest BCUT2D eigenvalue weighted by atomic mass is 32.2. The molecule has 2 aromatic rings. The van der Waals surface area contributed by atoms with Gasteiger partial charge in [-0.05, 0) is 61.2 Å². The lowest BCUT2D eigenvalue weighted by atomic mass is 9.78. The molecule has 0 radical (unpaired) electrons. The van der Waals surface area contributed by atoms with Crippen LogP contribution >= 0.6 is 11.8 Å². The molecule has 1 atom stereocenters. The number of allylic oxidation sites excluding steroid dienone is 5. The van der Waals surface area contributed by atoms with E-state index in [1.807, 2.05) is 36.1 Å². The summed E-state index contributed by atoms with van der Waals surface area (Å²) in [5.74, 6) is 0.802.